The Hall–Kier alpha value is -2.00. The van der Waals surface area contributed by atoms with Gasteiger partial charge in [-0.1, -0.05) is 37.3 Å². The normalized spacial score (nSPS) is 12.0. The van der Waals surface area contributed by atoms with Crippen molar-refractivity contribution in [2.45, 2.75) is 25.9 Å². The molecule has 0 amide bonds. The van der Waals surface area contributed by atoms with Crippen molar-refractivity contribution in [3.63, 3.8) is 0 Å². The van der Waals surface area contributed by atoms with Gasteiger partial charge in [-0.3, -0.25) is 0 Å². The highest BCUT2D eigenvalue weighted by Crippen LogP contribution is 2.26. The van der Waals surface area contributed by atoms with E-state index in [4.69, 9.17) is 9.47 Å². The first-order valence-corrected chi connectivity index (χ1v) is 7.27. The number of aliphatic hydroxyl groups excluding tert-OH is 1. The summed E-state index contributed by atoms with van der Waals surface area (Å²) in [7, 11) is 1.64. The lowest BCUT2D eigenvalue weighted by molar-refractivity contribution is 0.177. The molecule has 2 aromatic carbocycles. The van der Waals surface area contributed by atoms with Crippen molar-refractivity contribution in [3.05, 3.63) is 59.7 Å². The zero-order valence-corrected chi connectivity index (χ0v) is 12.6. The van der Waals surface area contributed by atoms with Gasteiger partial charge in [-0.25, -0.2) is 0 Å². The molecular weight excluding hydrogens is 264 g/mol. The highest BCUT2D eigenvalue weighted by molar-refractivity contribution is 5.35. The fourth-order valence-corrected chi connectivity index (χ4v) is 2.20. The summed E-state index contributed by atoms with van der Waals surface area (Å²) in [5.74, 6) is 1.64. The van der Waals surface area contributed by atoms with Gasteiger partial charge in [0, 0.05) is 6.42 Å². The quantitative estimate of drug-likeness (QED) is 0.842. The van der Waals surface area contributed by atoms with E-state index in [2.05, 4.69) is 6.92 Å². The predicted molar refractivity (Wildman–Crippen MR) is 83.9 cm³/mol. The van der Waals surface area contributed by atoms with Gasteiger partial charge in [-0.15, -0.1) is 0 Å². The van der Waals surface area contributed by atoms with Gasteiger partial charge in [-0.2, -0.15) is 0 Å². The number of hydrogen-bond acceptors (Lipinski definition) is 3. The van der Waals surface area contributed by atoms with Crippen LogP contribution >= 0.6 is 0 Å². The molecule has 0 bridgehead atoms. The van der Waals surface area contributed by atoms with Crippen molar-refractivity contribution in [1.29, 1.82) is 0 Å². The van der Waals surface area contributed by atoms with Crippen molar-refractivity contribution in [2.24, 2.45) is 0 Å². The van der Waals surface area contributed by atoms with E-state index in [1.54, 1.807) is 7.11 Å². The molecule has 21 heavy (non-hydrogen) atoms. The molecule has 3 heteroatoms. The molecule has 3 nitrogen and oxygen atoms in total. The van der Waals surface area contributed by atoms with Crippen LogP contribution in [0.5, 0.6) is 11.5 Å². The summed E-state index contributed by atoms with van der Waals surface area (Å²) in [6, 6.07) is 15.4. The topological polar surface area (TPSA) is 38.7 Å². The third-order valence-electron chi connectivity index (χ3n) is 3.34. The molecule has 0 aliphatic heterocycles. The maximum absolute atomic E-state index is 10.4. The summed E-state index contributed by atoms with van der Waals surface area (Å²) in [6.07, 6.45) is 0.957. The number of ether oxygens (including phenoxy) is 2. The Morgan fingerprint density at radius 1 is 1.05 bits per heavy atom. The minimum Gasteiger partial charge on any atom is -0.496 e. The fraction of sp³-hybridized carbons (Fsp3) is 0.333. The second-order valence-electron chi connectivity index (χ2n) is 4.95. The van der Waals surface area contributed by atoms with Crippen LogP contribution in [0, 0.1) is 0 Å². The summed E-state index contributed by atoms with van der Waals surface area (Å²) in [5.41, 5.74) is 1.88. The summed E-state index contributed by atoms with van der Waals surface area (Å²) in [6.45, 7) is 2.79. The zero-order valence-electron chi connectivity index (χ0n) is 12.6. The lowest BCUT2D eigenvalue weighted by Crippen LogP contribution is -2.03. The standard InChI is InChI=1S/C18H22O3/c1-3-12-21-16-10-8-14(9-11-16)17(19)13-15-6-4-5-7-18(15)20-2/h4-11,17,19H,3,12-13H2,1-2H3. The van der Waals surface area contributed by atoms with Crippen LogP contribution in [0.4, 0.5) is 0 Å². The van der Waals surface area contributed by atoms with Crippen LogP contribution in [0.2, 0.25) is 0 Å². The Morgan fingerprint density at radius 2 is 1.76 bits per heavy atom. The Balaban J connectivity index is 2.04. The number of benzene rings is 2. The SMILES string of the molecule is CCCOc1ccc(C(O)Cc2ccccc2OC)cc1. The van der Waals surface area contributed by atoms with E-state index < -0.39 is 6.10 Å². The van der Waals surface area contributed by atoms with Crippen LogP contribution in [-0.2, 0) is 6.42 Å². The van der Waals surface area contributed by atoms with E-state index >= 15 is 0 Å². The average Bonchev–Trinajstić information content (AvgIpc) is 2.54. The second-order valence-corrected chi connectivity index (χ2v) is 4.95. The molecule has 0 aliphatic carbocycles. The van der Waals surface area contributed by atoms with Crippen LogP contribution in [0.25, 0.3) is 0 Å². The van der Waals surface area contributed by atoms with E-state index in [9.17, 15) is 5.11 Å². The third-order valence-corrected chi connectivity index (χ3v) is 3.34. The largest absolute Gasteiger partial charge is 0.496 e. The fourth-order valence-electron chi connectivity index (χ4n) is 2.20. The molecule has 0 heterocycles. The van der Waals surface area contributed by atoms with Gasteiger partial charge in [0.1, 0.15) is 11.5 Å². The van der Waals surface area contributed by atoms with Gasteiger partial charge < -0.3 is 14.6 Å². The lowest BCUT2D eigenvalue weighted by Gasteiger charge is -2.14. The number of aliphatic hydroxyl groups is 1. The van der Waals surface area contributed by atoms with Crippen LogP contribution in [0.15, 0.2) is 48.5 Å². The van der Waals surface area contributed by atoms with Crippen molar-refractivity contribution in [3.8, 4) is 11.5 Å². The monoisotopic (exact) mass is 286 g/mol. The maximum atomic E-state index is 10.4. The van der Waals surface area contributed by atoms with Crippen LogP contribution < -0.4 is 9.47 Å². The number of methoxy groups -OCH3 is 1. The van der Waals surface area contributed by atoms with E-state index in [-0.39, 0.29) is 0 Å². The smallest absolute Gasteiger partial charge is 0.122 e. The van der Waals surface area contributed by atoms with E-state index in [0.717, 1.165) is 29.0 Å². The first-order valence-electron chi connectivity index (χ1n) is 7.27. The number of para-hydroxylation sites is 1. The van der Waals surface area contributed by atoms with Crippen LogP contribution in [0.3, 0.4) is 0 Å². The molecule has 0 aliphatic rings. The highest BCUT2D eigenvalue weighted by atomic mass is 16.5. The second kappa shape index (κ2) is 7.70. The molecule has 1 N–H and O–H groups in total. The van der Waals surface area contributed by atoms with Crippen LogP contribution in [0.1, 0.15) is 30.6 Å². The van der Waals surface area contributed by atoms with Gasteiger partial charge in [0.05, 0.1) is 19.8 Å². The first kappa shape index (κ1) is 15.4. The summed E-state index contributed by atoms with van der Waals surface area (Å²) >= 11 is 0. The molecule has 0 fully saturated rings. The molecule has 0 spiro atoms. The van der Waals surface area contributed by atoms with Crippen molar-refractivity contribution < 1.29 is 14.6 Å². The molecule has 1 atom stereocenters. The molecule has 2 aromatic rings. The summed E-state index contributed by atoms with van der Waals surface area (Å²) in [4.78, 5) is 0. The molecule has 0 aromatic heterocycles. The molecule has 0 saturated carbocycles. The number of rotatable bonds is 7. The molecule has 0 radical (unpaired) electrons. The van der Waals surface area contributed by atoms with Gasteiger partial charge in [0.25, 0.3) is 0 Å². The van der Waals surface area contributed by atoms with E-state index in [0.29, 0.717) is 13.0 Å². The molecule has 1 unspecified atom stereocenters. The third kappa shape index (κ3) is 4.23. The van der Waals surface area contributed by atoms with Crippen molar-refractivity contribution in [1.82, 2.24) is 0 Å². The zero-order chi connectivity index (χ0) is 15.1. The highest BCUT2D eigenvalue weighted by Gasteiger charge is 2.11. The first-order chi connectivity index (χ1) is 10.2. The Kier molecular flexibility index (Phi) is 5.64. The van der Waals surface area contributed by atoms with Crippen molar-refractivity contribution in [2.75, 3.05) is 13.7 Å². The van der Waals surface area contributed by atoms with E-state index in [1.165, 1.54) is 0 Å². The lowest BCUT2D eigenvalue weighted by atomic mass is 10.0. The van der Waals surface area contributed by atoms with Gasteiger partial charge in [0.2, 0.25) is 0 Å². The average molecular weight is 286 g/mol. The van der Waals surface area contributed by atoms with Gasteiger partial charge >= 0.3 is 0 Å². The minimum atomic E-state index is -0.554. The molecule has 0 saturated heterocycles. The van der Waals surface area contributed by atoms with Gasteiger partial charge in [0.15, 0.2) is 0 Å². The number of hydrogen-bond donors (Lipinski definition) is 1. The van der Waals surface area contributed by atoms with Crippen molar-refractivity contribution >= 4 is 0 Å². The van der Waals surface area contributed by atoms with Crippen LogP contribution in [-0.4, -0.2) is 18.8 Å². The minimum absolute atomic E-state index is 0.527. The maximum Gasteiger partial charge on any atom is 0.122 e. The Bertz CT molecular complexity index is 549. The molecule has 2 rings (SSSR count). The Morgan fingerprint density at radius 3 is 2.43 bits per heavy atom. The van der Waals surface area contributed by atoms with E-state index in [1.807, 2.05) is 48.5 Å². The predicted octanol–water partition coefficient (Wildman–Crippen LogP) is 3.76. The summed E-state index contributed by atoms with van der Waals surface area (Å²) < 4.78 is 10.9. The molecule has 112 valence electrons. The van der Waals surface area contributed by atoms with Gasteiger partial charge in [-0.05, 0) is 35.7 Å². The molecular formula is C18H22O3. The Labute approximate surface area is 126 Å². The summed E-state index contributed by atoms with van der Waals surface area (Å²) in [5, 5.41) is 10.4.